The van der Waals surface area contributed by atoms with Crippen LogP contribution in [-0.4, -0.2) is 49.9 Å². The van der Waals surface area contributed by atoms with Gasteiger partial charge in [0.25, 0.3) is 0 Å². The molecular formula is C16H25NO3S. The van der Waals surface area contributed by atoms with Crippen LogP contribution in [0, 0.1) is 12.8 Å². The minimum absolute atomic E-state index is 0.165. The maximum absolute atomic E-state index is 12.2. The van der Waals surface area contributed by atoms with Crippen molar-refractivity contribution < 1.29 is 13.5 Å². The fourth-order valence-corrected chi connectivity index (χ4v) is 3.95. The van der Waals surface area contributed by atoms with Gasteiger partial charge in [-0.25, -0.2) is 8.42 Å². The summed E-state index contributed by atoms with van der Waals surface area (Å²) in [4.78, 5) is 2.57. The van der Waals surface area contributed by atoms with Gasteiger partial charge < -0.3 is 10.0 Å². The Kier molecular flexibility index (Phi) is 5.41. The number of benzene rings is 1. The maximum atomic E-state index is 12.2. The number of piperidine rings is 1. The Hall–Kier alpha value is -0.910. The molecule has 0 amide bonds. The molecule has 1 aromatic carbocycles. The average molecular weight is 311 g/mol. The monoisotopic (exact) mass is 311 g/mol. The summed E-state index contributed by atoms with van der Waals surface area (Å²) < 4.78 is 24.5. The van der Waals surface area contributed by atoms with Crippen LogP contribution in [0.1, 0.15) is 25.3 Å². The number of β-amino-alcohol motifs (C(OH)–C–C–N with tert-alkyl or cyclic N) is 1. The Morgan fingerprint density at radius 2 is 1.95 bits per heavy atom. The highest BCUT2D eigenvalue weighted by molar-refractivity contribution is 7.91. The standard InChI is InChI=1S/C16H25NO3S/c1-13-4-6-15(7-5-13)21(19,20)11-3-9-17-10-8-14(2)16(18)12-17/h4-7,14,16,18H,3,8-12H2,1-2H3/t14-,16-/m0/s1. The van der Waals surface area contributed by atoms with Crippen molar-refractivity contribution >= 4 is 9.84 Å². The molecule has 1 aromatic rings. The van der Waals surface area contributed by atoms with E-state index in [1.54, 1.807) is 12.1 Å². The molecule has 0 radical (unpaired) electrons. The lowest BCUT2D eigenvalue weighted by Gasteiger charge is -2.34. The van der Waals surface area contributed by atoms with Gasteiger partial charge in [-0.3, -0.25) is 0 Å². The van der Waals surface area contributed by atoms with Gasteiger partial charge >= 0.3 is 0 Å². The van der Waals surface area contributed by atoms with Crippen LogP contribution in [0.15, 0.2) is 29.2 Å². The predicted octanol–water partition coefficient (Wildman–Crippen LogP) is 1.86. The first-order valence-corrected chi connectivity index (χ1v) is 9.23. The second kappa shape index (κ2) is 6.90. The van der Waals surface area contributed by atoms with Crippen molar-refractivity contribution in [2.45, 2.75) is 37.7 Å². The first-order valence-electron chi connectivity index (χ1n) is 7.58. The smallest absolute Gasteiger partial charge is 0.178 e. The third kappa shape index (κ3) is 4.53. The molecule has 0 aromatic heterocycles. The highest BCUT2D eigenvalue weighted by atomic mass is 32.2. The normalized spacial score (nSPS) is 24.1. The Balaban J connectivity index is 1.84. The van der Waals surface area contributed by atoms with Crippen LogP contribution in [0.3, 0.4) is 0 Å². The van der Waals surface area contributed by atoms with E-state index in [-0.39, 0.29) is 11.9 Å². The zero-order valence-electron chi connectivity index (χ0n) is 12.8. The molecule has 1 aliphatic rings. The number of nitrogens with zero attached hydrogens (tertiary/aromatic N) is 1. The molecule has 0 saturated carbocycles. The van der Waals surface area contributed by atoms with Crippen molar-refractivity contribution in [1.29, 1.82) is 0 Å². The Bertz CT molecular complexity index is 553. The van der Waals surface area contributed by atoms with Gasteiger partial charge in [-0.05, 0) is 50.9 Å². The van der Waals surface area contributed by atoms with E-state index in [1.807, 2.05) is 19.1 Å². The number of aliphatic hydroxyl groups is 1. The van der Waals surface area contributed by atoms with E-state index in [9.17, 15) is 13.5 Å². The van der Waals surface area contributed by atoms with Crippen LogP contribution in [0.25, 0.3) is 0 Å². The summed E-state index contributed by atoms with van der Waals surface area (Å²) in [5.74, 6) is 0.510. The molecule has 4 nitrogen and oxygen atoms in total. The Morgan fingerprint density at radius 3 is 2.57 bits per heavy atom. The third-order valence-electron chi connectivity index (χ3n) is 4.27. The Morgan fingerprint density at radius 1 is 1.29 bits per heavy atom. The summed E-state index contributed by atoms with van der Waals surface area (Å²) in [6.45, 7) is 6.34. The fourth-order valence-electron chi connectivity index (χ4n) is 2.66. The highest BCUT2D eigenvalue weighted by Gasteiger charge is 2.24. The van der Waals surface area contributed by atoms with Crippen LogP contribution in [0.2, 0.25) is 0 Å². The molecule has 1 fully saturated rings. The molecule has 1 N–H and O–H groups in total. The highest BCUT2D eigenvalue weighted by Crippen LogP contribution is 2.18. The molecule has 0 unspecified atom stereocenters. The van der Waals surface area contributed by atoms with E-state index in [4.69, 9.17) is 0 Å². The number of rotatable bonds is 5. The molecule has 1 aliphatic heterocycles. The fraction of sp³-hybridized carbons (Fsp3) is 0.625. The summed E-state index contributed by atoms with van der Waals surface area (Å²) in [6.07, 6.45) is 1.30. The minimum atomic E-state index is -3.19. The molecule has 1 saturated heterocycles. The first kappa shape index (κ1) is 16.5. The Labute approximate surface area is 127 Å². The predicted molar refractivity (Wildman–Crippen MR) is 84.1 cm³/mol. The van der Waals surface area contributed by atoms with Gasteiger partial charge in [-0.15, -0.1) is 0 Å². The molecule has 0 spiro atoms. The summed E-state index contributed by atoms with van der Waals surface area (Å²) in [6, 6.07) is 7.01. The minimum Gasteiger partial charge on any atom is -0.392 e. The van der Waals surface area contributed by atoms with Crippen molar-refractivity contribution in [3.05, 3.63) is 29.8 Å². The summed E-state index contributed by atoms with van der Waals surface area (Å²) in [5.41, 5.74) is 1.06. The van der Waals surface area contributed by atoms with Gasteiger partial charge in [-0.1, -0.05) is 24.6 Å². The lowest BCUT2D eigenvalue weighted by Crippen LogP contribution is -2.43. The van der Waals surface area contributed by atoms with Crippen LogP contribution in [-0.2, 0) is 9.84 Å². The number of aliphatic hydroxyl groups excluding tert-OH is 1. The SMILES string of the molecule is Cc1ccc(S(=O)(=O)CCCN2CC[C@H](C)[C@@H](O)C2)cc1. The summed E-state index contributed by atoms with van der Waals surface area (Å²) in [5, 5.41) is 9.85. The van der Waals surface area contributed by atoms with Gasteiger partial charge in [-0.2, -0.15) is 0 Å². The number of hydrogen-bond acceptors (Lipinski definition) is 4. The van der Waals surface area contributed by atoms with Crippen molar-refractivity contribution in [3.8, 4) is 0 Å². The number of aryl methyl sites for hydroxylation is 1. The maximum Gasteiger partial charge on any atom is 0.178 e. The largest absolute Gasteiger partial charge is 0.392 e. The van der Waals surface area contributed by atoms with Crippen molar-refractivity contribution in [2.24, 2.45) is 5.92 Å². The van der Waals surface area contributed by atoms with Gasteiger partial charge in [0.05, 0.1) is 16.8 Å². The number of sulfone groups is 1. The lowest BCUT2D eigenvalue weighted by atomic mass is 9.96. The topological polar surface area (TPSA) is 57.6 Å². The van der Waals surface area contributed by atoms with Crippen LogP contribution < -0.4 is 0 Å². The van der Waals surface area contributed by atoms with Gasteiger partial charge in [0.15, 0.2) is 9.84 Å². The zero-order chi connectivity index (χ0) is 15.5. The second-order valence-corrected chi connectivity index (χ2v) is 8.23. The van der Waals surface area contributed by atoms with E-state index in [1.165, 1.54) is 0 Å². The van der Waals surface area contributed by atoms with Crippen LogP contribution in [0.4, 0.5) is 0 Å². The number of hydrogen-bond donors (Lipinski definition) is 1. The quantitative estimate of drug-likeness (QED) is 0.902. The van der Waals surface area contributed by atoms with Gasteiger partial charge in [0, 0.05) is 6.54 Å². The van der Waals surface area contributed by atoms with Gasteiger partial charge in [0.2, 0.25) is 0 Å². The van der Waals surface area contributed by atoms with Crippen LogP contribution >= 0.6 is 0 Å². The molecule has 0 bridgehead atoms. The molecule has 2 atom stereocenters. The zero-order valence-corrected chi connectivity index (χ0v) is 13.6. The van der Waals surface area contributed by atoms with E-state index in [0.717, 1.165) is 25.1 Å². The van der Waals surface area contributed by atoms with Gasteiger partial charge in [0.1, 0.15) is 0 Å². The van der Waals surface area contributed by atoms with E-state index in [2.05, 4.69) is 11.8 Å². The summed E-state index contributed by atoms with van der Waals surface area (Å²) >= 11 is 0. The van der Waals surface area contributed by atoms with E-state index < -0.39 is 9.84 Å². The van der Waals surface area contributed by atoms with Crippen LogP contribution in [0.5, 0.6) is 0 Å². The first-order chi connectivity index (χ1) is 9.88. The molecule has 21 heavy (non-hydrogen) atoms. The molecule has 1 heterocycles. The lowest BCUT2D eigenvalue weighted by molar-refractivity contribution is 0.0295. The molecule has 5 heteroatoms. The van der Waals surface area contributed by atoms with E-state index in [0.29, 0.717) is 23.8 Å². The molecule has 118 valence electrons. The molecular weight excluding hydrogens is 286 g/mol. The molecule has 2 rings (SSSR count). The third-order valence-corrected chi connectivity index (χ3v) is 6.09. The second-order valence-electron chi connectivity index (χ2n) is 6.12. The average Bonchev–Trinajstić information content (AvgIpc) is 2.43. The summed E-state index contributed by atoms with van der Waals surface area (Å²) in [7, 11) is -3.19. The van der Waals surface area contributed by atoms with Crippen molar-refractivity contribution in [3.63, 3.8) is 0 Å². The number of likely N-dealkylation sites (tertiary alicyclic amines) is 1. The van der Waals surface area contributed by atoms with Crippen molar-refractivity contribution in [2.75, 3.05) is 25.4 Å². The van der Waals surface area contributed by atoms with Crippen molar-refractivity contribution in [1.82, 2.24) is 4.90 Å². The molecule has 0 aliphatic carbocycles. The van der Waals surface area contributed by atoms with E-state index >= 15 is 0 Å².